The molecule has 23 heavy (non-hydrogen) atoms. The van der Waals surface area contributed by atoms with E-state index in [-0.39, 0.29) is 16.4 Å². The summed E-state index contributed by atoms with van der Waals surface area (Å²) in [5, 5.41) is 2.71. The molecular weight excluding hydrogens is 318 g/mol. The van der Waals surface area contributed by atoms with Crippen molar-refractivity contribution in [1.82, 2.24) is 9.29 Å². The molecular formula is C15H19N3O4S. The molecule has 2 rings (SSSR count). The van der Waals surface area contributed by atoms with Gasteiger partial charge < -0.3 is 9.73 Å². The first kappa shape index (κ1) is 17.2. The first-order valence-electron chi connectivity index (χ1n) is 6.91. The Hall–Kier alpha value is -2.19. The monoisotopic (exact) mass is 337 g/mol. The van der Waals surface area contributed by atoms with Gasteiger partial charge in [-0.2, -0.15) is 0 Å². The maximum atomic E-state index is 12.3. The number of hydrogen-bond donors (Lipinski definition) is 1. The van der Waals surface area contributed by atoms with E-state index in [4.69, 9.17) is 4.42 Å². The SMILES string of the molecule is Cc1ccnc(C)c1NC(=O)c1cc(S(=O)(=O)N(C)C)c(C)o1. The molecule has 0 spiro atoms. The van der Waals surface area contributed by atoms with E-state index in [9.17, 15) is 13.2 Å². The number of sulfonamides is 1. The van der Waals surface area contributed by atoms with Gasteiger partial charge in [-0.3, -0.25) is 9.78 Å². The topological polar surface area (TPSA) is 92.5 Å². The molecule has 0 bridgehead atoms. The molecule has 0 aliphatic carbocycles. The van der Waals surface area contributed by atoms with Crippen LogP contribution in [-0.2, 0) is 10.0 Å². The molecule has 1 N–H and O–H groups in total. The van der Waals surface area contributed by atoms with Crippen molar-refractivity contribution in [3.05, 3.63) is 41.1 Å². The van der Waals surface area contributed by atoms with E-state index in [1.54, 1.807) is 19.2 Å². The van der Waals surface area contributed by atoms with Crippen LogP contribution < -0.4 is 5.32 Å². The average Bonchev–Trinajstić information content (AvgIpc) is 2.85. The third kappa shape index (κ3) is 3.27. The van der Waals surface area contributed by atoms with E-state index in [0.29, 0.717) is 11.4 Å². The Labute approximate surface area is 135 Å². The number of hydrogen-bond acceptors (Lipinski definition) is 5. The van der Waals surface area contributed by atoms with Crippen LogP contribution in [0.4, 0.5) is 5.69 Å². The first-order valence-corrected chi connectivity index (χ1v) is 8.35. The van der Waals surface area contributed by atoms with Gasteiger partial charge in [0, 0.05) is 26.4 Å². The van der Waals surface area contributed by atoms with Gasteiger partial charge in [-0.1, -0.05) is 0 Å². The van der Waals surface area contributed by atoms with E-state index in [0.717, 1.165) is 9.87 Å². The van der Waals surface area contributed by atoms with Crippen molar-refractivity contribution in [2.75, 3.05) is 19.4 Å². The predicted molar refractivity (Wildman–Crippen MR) is 86.0 cm³/mol. The smallest absolute Gasteiger partial charge is 0.291 e. The summed E-state index contributed by atoms with van der Waals surface area (Å²) in [6.45, 7) is 5.13. The van der Waals surface area contributed by atoms with Crippen molar-refractivity contribution in [3.8, 4) is 0 Å². The minimum atomic E-state index is -3.66. The molecule has 2 aromatic heterocycles. The molecule has 0 fully saturated rings. The number of anilines is 1. The summed E-state index contributed by atoms with van der Waals surface area (Å²) in [7, 11) is -0.821. The molecule has 124 valence electrons. The molecule has 0 saturated carbocycles. The molecule has 0 aliphatic heterocycles. The number of pyridine rings is 1. The Balaban J connectivity index is 2.36. The lowest BCUT2D eigenvalue weighted by molar-refractivity contribution is 0.0995. The fourth-order valence-electron chi connectivity index (χ4n) is 2.09. The van der Waals surface area contributed by atoms with Crippen LogP contribution in [0.3, 0.4) is 0 Å². The lowest BCUT2D eigenvalue weighted by Crippen LogP contribution is -2.22. The fourth-order valence-corrected chi connectivity index (χ4v) is 3.14. The van der Waals surface area contributed by atoms with Gasteiger partial charge in [0.15, 0.2) is 5.76 Å². The van der Waals surface area contributed by atoms with E-state index < -0.39 is 15.9 Å². The highest BCUT2D eigenvalue weighted by atomic mass is 32.2. The van der Waals surface area contributed by atoms with Crippen LogP contribution in [-0.4, -0.2) is 37.7 Å². The maximum Gasteiger partial charge on any atom is 0.291 e. The van der Waals surface area contributed by atoms with Crippen molar-refractivity contribution in [1.29, 1.82) is 0 Å². The van der Waals surface area contributed by atoms with Crippen LogP contribution in [0, 0.1) is 20.8 Å². The van der Waals surface area contributed by atoms with Crippen molar-refractivity contribution in [3.63, 3.8) is 0 Å². The quantitative estimate of drug-likeness (QED) is 0.922. The average molecular weight is 337 g/mol. The van der Waals surface area contributed by atoms with Gasteiger partial charge in [0.1, 0.15) is 10.7 Å². The maximum absolute atomic E-state index is 12.3. The Morgan fingerprint density at radius 2 is 1.91 bits per heavy atom. The Morgan fingerprint density at radius 3 is 2.48 bits per heavy atom. The first-order chi connectivity index (χ1) is 10.6. The standard InChI is InChI=1S/C15H19N3O4S/c1-9-6-7-16-10(2)14(9)17-15(19)12-8-13(11(3)22-12)23(20,21)18(4)5/h6-8H,1-5H3,(H,17,19). The van der Waals surface area contributed by atoms with Gasteiger partial charge >= 0.3 is 0 Å². The normalized spacial score (nSPS) is 11.7. The van der Waals surface area contributed by atoms with E-state index in [1.807, 2.05) is 6.92 Å². The van der Waals surface area contributed by atoms with Gasteiger partial charge in [-0.25, -0.2) is 12.7 Å². The molecule has 0 atom stereocenters. The molecule has 0 unspecified atom stereocenters. The number of aryl methyl sites for hydroxylation is 3. The molecule has 0 radical (unpaired) electrons. The van der Waals surface area contributed by atoms with Crippen molar-refractivity contribution >= 4 is 21.6 Å². The van der Waals surface area contributed by atoms with Crippen molar-refractivity contribution in [2.45, 2.75) is 25.7 Å². The zero-order valence-corrected chi connectivity index (χ0v) is 14.5. The molecule has 2 aromatic rings. The van der Waals surface area contributed by atoms with Crippen LogP contribution in [0.25, 0.3) is 0 Å². The summed E-state index contributed by atoms with van der Waals surface area (Å²) in [5.74, 6) is -0.415. The van der Waals surface area contributed by atoms with Gasteiger partial charge in [0.25, 0.3) is 5.91 Å². The molecule has 0 aliphatic rings. The van der Waals surface area contributed by atoms with Gasteiger partial charge in [-0.05, 0) is 32.4 Å². The number of nitrogens with zero attached hydrogens (tertiary/aromatic N) is 2. The number of amides is 1. The van der Waals surface area contributed by atoms with Crippen molar-refractivity contribution in [2.24, 2.45) is 0 Å². The molecule has 2 heterocycles. The van der Waals surface area contributed by atoms with Gasteiger partial charge in [-0.15, -0.1) is 0 Å². The highest BCUT2D eigenvalue weighted by molar-refractivity contribution is 7.89. The van der Waals surface area contributed by atoms with E-state index >= 15 is 0 Å². The summed E-state index contributed by atoms with van der Waals surface area (Å²) in [6.07, 6.45) is 1.65. The Morgan fingerprint density at radius 1 is 1.26 bits per heavy atom. The Kier molecular flexibility index (Phi) is 4.58. The Bertz CT molecular complexity index is 833. The number of carbonyl (C=O) groups is 1. The molecule has 0 saturated heterocycles. The number of carbonyl (C=O) groups excluding carboxylic acids is 1. The summed E-state index contributed by atoms with van der Waals surface area (Å²) in [5.41, 5.74) is 2.11. The van der Waals surface area contributed by atoms with Crippen LogP contribution in [0.5, 0.6) is 0 Å². The second-order valence-corrected chi connectivity index (χ2v) is 7.48. The number of rotatable bonds is 4. The zero-order chi connectivity index (χ0) is 17.4. The summed E-state index contributed by atoms with van der Waals surface area (Å²) in [4.78, 5) is 16.4. The van der Waals surface area contributed by atoms with Crippen molar-refractivity contribution < 1.29 is 17.6 Å². The minimum Gasteiger partial charge on any atom is -0.455 e. The summed E-state index contributed by atoms with van der Waals surface area (Å²) < 4.78 is 30.8. The lowest BCUT2D eigenvalue weighted by Gasteiger charge is -2.09. The predicted octanol–water partition coefficient (Wildman–Crippen LogP) is 2.10. The molecule has 1 amide bonds. The largest absolute Gasteiger partial charge is 0.455 e. The number of nitrogens with one attached hydrogen (secondary N) is 1. The highest BCUT2D eigenvalue weighted by Gasteiger charge is 2.26. The zero-order valence-electron chi connectivity index (χ0n) is 13.7. The lowest BCUT2D eigenvalue weighted by atomic mass is 10.2. The molecule has 7 nitrogen and oxygen atoms in total. The van der Waals surface area contributed by atoms with Crippen LogP contribution in [0.2, 0.25) is 0 Å². The summed E-state index contributed by atoms with van der Waals surface area (Å²) in [6, 6.07) is 3.01. The minimum absolute atomic E-state index is 0.0210. The van der Waals surface area contributed by atoms with Gasteiger partial charge in [0.05, 0.1) is 11.4 Å². The third-order valence-electron chi connectivity index (χ3n) is 3.44. The van der Waals surface area contributed by atoms with Gasteiger partial charge in [0.2, 0.25) is 10.0 Å². The van der Waals surface area contributed by atoms with Crippen LogP contribution in [0.1, 0.15) is 27.6 Å². The third-order valence-corrected chi connectivity index (χ3v) is 5.36. The molecule has 0 aromatic carbocycles. The number of furan rings is 1. The molecule has 8 heteroatoms. The second-order valence-electron chi connectivity index (χ2n) is 5.36. The highest BCUT2D eigenvalue weighted by Crippen LogP contribution is 2.24. The van der Waals surface area contributed by atoms with Crippen LogP contribution in [0.15, 0.2) is 27.6 Å². The second kappa shape index (κ2) is 6.13. The summed E-state index contributed by atoms with van der Waals surface area (Å²) >= 11 is 0. The fraction of sp³-hybridized carbons (Fsp3) is 0.333. The number of aromatic nitrogens is 1. The van der Waals surface area contributed by atoms with Crippen LogP contribution >= 0.6 is 0 Å². The van der Waals surface area contributed by atoms with E-state index in [1.165, 1.54) is 27.1 Å². The van der Waals surface area contributed by atoms with E-state index in [2.05, 4.69) is 10.3 Å².